The van der Waals surface area contributed by atoms with Crippen molar-refractivity contribution in [1.29, 1.82) is 0 Å². The van der Waals surface area contributed by atoms with Crippen LogP contribution in [0.1, 0.15) is 425 Å². The lowest BCUT2D eigenvalue weighted by molar-refractivity contribution is -0.143. The molecule has 0 bridgehead atoms. The minimum Gasteiger partial charge on any atom is -0.466 e. The molecule has 2 unspecified atom stereocenters. The van der Waals surface area contributed by atoms with E-state index in [4.69, 9.17) is 4.74 Å². The Bertz CT molecular complexity index is 1520. The summed E-state index contributed by atoms with van der Waals surface area (Å²) < 4.78 is 5.50. The summed E-state index contributed by atoms with van der Waals surface area (Å²) in [6.45, 7) is 4.91. The van der Waals surface area contributed by atoms with Gasteiger partial charge in [-0.25, -0.2) is 0 Å². The molecular weight excluding hydrogens is 1080 g/mol. The van der Waals surface area contributed by atoms with Crippen molar-refractivity contribution >= 4 is 11.9 Å². The molecule has 1 amide bonds. The zero-order valence-electron chi connectivity index (χ0n) is 59.2. The van der Waals surface area contributed by atoms with Gasteiger partial charge in [0.05, 0.1) is 25.4 Å². The maximum absolute atomic E-state index is 12.5. The van der Waals surface area contributed by atoms with Gasteiger partial charge in [-0.3, -0.25) is 9.59 Å². The van der Waals surface area contributed by atoms with Gasteiger partial charge in [-0.05, 0) is 96.3 Å². The number of amides is 1. The molecule has 0 heterocycles. The lowest BCUT2D eigenvalue weighted by Crippen LogP contribution is -2.45. The first-order valence-electron chi connectivity index (χ1n) is 39.6. The molecule has 3 N–H and O–H groups in total. The number of unbranched alkanes of at least 4 members (excludes halogenated alkanes) is 55. The molecule has 516 valence electrons. The van der Waals surface area contributed by atoms with Gasteiger partial charge in [-0.1, -0.05) is 376 Å². The lowest BCUT2D eigenvalue weighted by atomic mass is 10.0. The van der Waals surface area contributed by atoms with Crippen LogP contribution in [0.5, 0.6) is 0 Å². The fourth-order valence-corrected chi connectivity index (χ4v) is 12.2. The topological polar surface area (TPSA) is 95.9 Å². The van der Waals surface area contributed by atoms with E-state index in [1.54, 1.807) is 6.08 Å². The fraction of sp³-hybridized carbons (Fsp3) is 0.854. The Morgan fingerprint density at radius 3 is 0.886 bits per heavy atom. The molecule has 0 saturated carbocycles. The van der Waals surface area contributed by atoms with Crippen LogP contribution >= 0.6 is 0 Å². The summed E-state index contributed by atoms with van der Waals surface area (Å²) in [5.41, 5.74) is 0. The van der Waals surface area contributed by atoms with Crippen LogP contribution in [0.15, 0.2) is 60.8 Å². The highest BCUT2D eigenvalue weighted by Gasteiger charge is 2.18. The number of carbonyl (C=O) groups excluding carboxylic acids is 2. The number of aliphatic hydroxyl groups is 2. The summed E-state index contributed by atoms with van der Waals surface area (Å²) in [5, 5.41) is 23.3. The summed E-state index contributed by atoms with van der Waals surface area (Å²) in [4.78, 5) is 24.6. The molecule has 6 nitrogen and oxygen atoms in total. The SMILES string of the molecule is CCCCC/C=C\C/C=C\CCCCCCCCCC(=O)OCCCCCCCCCCC/C=C\C/C=C\CCCCCCCCCCCCCCCCCCCC(=O)NC(CO)C(O)/C=C/CCCCCCCCCCCCCCCCCCCCC. The van der Waals surface area contributed by atoms with Gasteiger partial charge in [-0.2, -0.15) is 0 Å². The summed E-state index contributed by atoms with van der Waals surface area (Å²) in [6.07, 6.45) is 103. The Kier molecular flexibility index (Phi) is 74.9. The smallest absolute Gasteiger partial charge is 0.305 e. The molecule has 0 aromatic rings. The Morgan fingerprint density at radius 2 is 0.568 bits per heavy atom. The predicted molar refractivity (Wildman–Crippen MR) is 389 cm³/mol. The molecule has 6 heteroatoms. The third-order valence-corrected chi connectivity index (χ3v) is 18.3. The van der Waals surface area contributed by atoms with Crippen molar-refractivity contribution in [2.45, 2.75) is 437 Å². The Hall–Kier alpha value is -2.44. The molecule has 2 atom stereocenters. The van der Waals surface area contributed by atoms with Gasteiger partial charge >= 0.3 is 5.97 Å². The van der Waals surface area contributed by atoms with Crippen LogP contribution in [-0.4, -0.2) is 47.4 Å². The molecule has 0 aromatic carbocycles. The predicted octanol–water partition coefficient (Wildman–Crippen LogP) is 26.2. The molecule has 0 spiro atoms. The number of rotatable bonds is 74. The first-order chi connectivity index (χ1) is 43.5. The zero-order chi connectivity index (χ0) is 63.5. The first kappa shape index (κ1) is 85.6. The number of nitrogens with one attached hydrogen (secondary N) is 1. The van der Waals surface area contributed by atoms with Crippen molar-refractivity contribution in [3.05, 3.63) is 60.8 Å². The molecule has 0 aliphatic heterocycles. The number of hydrogen-bond donors (Lipinski definition) is 3. The highest BCUT2D eigenvalue weighted by molar-refractivity contribution is 5.76. The van der Waals surface area contributed by atoms with E-state index in [2.05, 4.69) is 67.8 Å². The van der Waals surface area contributed by atoms with Crippen LogP contribution < -0.4 is 5.32 Å². The van der Waals surface area contributed by atoms with Crippen LogP contribution in [0.3, 0.4) is 0 Å². The van der Waals surface area contributed by atoms with Crippen molar-refractivity contribution in [2.24, 2.45) is 0 Å². The van der Waals surface area contributed by atoms with Crippen LogP contribution in [-0.2, 0) is 14.3 Å². The Balaban J connectivity index is 3.40. The van der Waals surface area contributed by atoms with Crippen LogP contribution in [0.2, 0.25) is 0 Å². The zero-order valence-corrected chi connectivity index (χ0v) is 59.2. The fourth-order valence-electron chi connectivity index (χ4n) is 12.2. The average molecular weight is 1230 g/mol. The van der Waals surface area contributed by atoms with E-state index in [0.717, 1.165) is 57.8 Å². The number of esters is 1. The molecule has 0 aromatic heterocycles. The van der Waals surface area contributed by atoms with E-state index in [1.165, 1.54) is 340 Å². The summed E-state index contributed by atoms with van der Waals surface area (Å²) in [5.74, 6) is -0.0561. The average Bonchev–Trinajstić information content (AvgIpc) is 3.58. The number of hydrogen-bond acceptors (Lipinski definition) is 5. The molecule has 0 fully saturated rings. The molecular formula is C82H153NO5. The van der Waals surface area contributed by atoms with Gasteiger partial charge in [0.2, 0.25) is 5.91 Å². The molecule has 88 heavy (non-hydrogen) atoms. The van der Waals surface area contributed by atoms with Crippen molar-refractivity contribution in [3.63, 3.8) is 0 Å². The van der Waals surface area contributed by atoms with Gasteiger partial charge in [0.15, 0.2) is 0 Å². The molecule has 0 aliphatic carbocycles. The quantitative estimate of drug-likeness (QED) is 0.0320. The lowest BCUT2D eigenvalue weighted by Gasteiger charge is -2.20. The van der Waals surface area contributed by atoms with Crippen molar-refractivity contribution in [2.75, 3.05) is 13.2 Å². The maximum atomic E-state index is 12.5. The third kappa shape index (κ3) is 72.6. The summed E-state index contributed by atoms with van der Waals surface area (Å²) in [7, 11) is 0. The van der Waals surface area contributed by atoms with E-state index < -0.39 is 12.1 Å². The number of allylic oxidation sites excluding steroid dienone is 9. The minimum atomic E-state index is -0.845. The van der Waals surface area contributed by atoms with Crippen molar-refractivity contribution in [3.8, 4) is 0 Å². The number of carbonyl (C=O) groups is 2. The second-order valence-corrected chi connectivity index (χ2v) is 27.0. The van der Waals surface area contributed by atoms with Gasteiger partial charge in [0, 0.05) is 12.8 Å². The highest BCUT2D eigenvalue weighted by atomic mass is 16.5. The molecule has 0 aliphatic rings. The van der Waals surface area contributed by atoms with Crippen LogP contribution in [0, 0.1) is 0 Å². The van der Waals surface area contributed by atoms with Crippen LogP contribution in [0.25, 0.3) is 0 Å². The largest absolute Gasteiger partial charge is 0.466 e. The monoisotopic (exact) mass is 1230 g/mol. The van der Waals surface area contributed by atoms with Crippen molar-refractivity contribution < 1.29 is 24.5 Å². The molecule has 0 radical (unpaired) electrons. The maximum Gasteiger partial charge on any atom is 0.305 e. The standard InChI is InChI=1S/C82H153NO5/c1-3-5-7-9-11-13-15-17-19-21-22-36-39-43-46-50-54-58-62-66-70-74-80(85)79(78-84)83-81(86)75-71-67-63-59-55-51-47-44-40-37-34-32-30-28-26-24-23-25-27-29-31-33-35-38-41-45-49-53-57-61-65-69-73-77-88-82(87)76-72-68-64-60-56-52-48-42-20-18-16-14-12-10-8-6-4-2/h12,14,18,20,27,29,33,35,70,74,79-80,84-85H,3-11,13,15-17,19,21-26,28,30-32,34,36-69,71-73,75-78H2,1-2H3,(H,83,86)/b14-12-,20-18-,29-27-,35-33-,74-70+. The second kappa shape index (κ2) is 77.0. The summed E-state index contributed by atoms with van der Waals surface area (Å²) >= 11 is 0. The molecule has 0 rings (SSSR count). The van der Waals surface area contributed by atoms with Crippen molar-refractivity contribution in [1.82, 2.24) is 5.32 Å². The normalized spacial score (nSPS) is 12.8. The minimum absolute atomic E-state index is 0.00636. The summed E-state index contributed by atoms with van der Waals surface area (Å²) in [6, 6.07) is -0.629. The van der Waals surface area contributed by atoms with E-state index in [9.17, 15) is 19.8 Å². The number of aliphatic hydroxyl groups excluding tert-OH is 2. The van der Waals surface area contributed by atoms with E-state index >= 15 is 0 Å². The van der Waals surface area contributed by atoms with E-state index in [0.29, 0.717) is 19.4 Å². The van der Waals surface area contributed by atoms with Gasteiger partial charge in [0.25, 0.3) is 0 Å². The van der Waals surface area contributed by atoms with Gasteiger partial charge < -0.3 is 20.3 Å². The van der Waals surface area contributed by atoms with E-state index in [-0.39, 0.29) is 18.5 Å². The van der Waals surface area contributed by atoms with Crippen LogP contribution in [0.4, 0.5) is 0 Å². The van der Waals surface area contributed by atoms with Gasteiger partial charge in [-0.15, -0.1) is 0 Å². The first-order valence-corrected chi connectivity index (χ1v) is 39.6. The number of ether oxygens (including phenoxy) is 1. The van der Waals surface area contributed by atoms with E-state index in [1.807, 2.05) is 6.08 Å². The highest BCUT2D eigenvalue weighted by Crippen LogP contribution is 2.19. The Morgan fingerprint density at radius 1 is 0.318 bits per heavy atom. The second-order valence-electron chi connectivity index (χ2n) is 27.0. The molecule has 0 saturated heterocycles. The van der Waals surface area contributed by atoms with Gasteiger partial charge in [0.1, 0.15) is 0 Å². The Labute approximate surface area is 549 Å². The third-order valence-electron chi connectivity index (χ3n) is 18.3.